The van der Waals surface area contributed by atoms with Crippen LogP contribution in [0.2, 0.25) is 0 Å². The summed E-state index contributed by atoms with van der Waals surface area (Å²) in [4.78, 5) is 21.5. The number of thioether (sulfide) groups is 1. The van der Waals surface area contributed by atoms with Crippen LogP contribution in [0.4, 0.5) is 8.78 Å². The second-order valence-electron chi connectivity index (χ2n) is 2.90. The van der Waals surface area contributed by atoms with E-state index < -0.39 is 23.2 Å². The van der Waals surface area contributed by atoms with Gasteiger partial charge in [0, 0.05) is 12.5 Å². The lowest BCUT2D eigenvalue weighted by Crippen LogP contribution is -2.02. The Kier molecular flexibility index (Phi) is 4.00. The van der Waals surface area contributed by atoms with Crippen LogP contribution in [0.5, 0.6) is 0 Å². The van der Waals surface area contributed by atoms with E-state index in [-0.39, 0.29) is 16.4 Å². The fraction of sp³-hybridized carbons (Fsp3) is 0.200. The van der Waals surface area contributed by atoms with Gasteiger partial charge in [0.05, 0.1) is 10.5 Å². The summed E-state index contributed by atoms with van der Waals surface area (Å²) in [6, 6.07) is 1.29. The summed E-state index contributed by atoms with van der Waals surface area (Å²) >= 11 is 0.567. The molecule has 0 heterocycles. The number of aromatic carboxylic acids is 1. The Bertz CT molecular complexity index is 446. The van der Waals surface area contributed by atoms with Crippen molar-refractivity contribution >= 4 is 22.8 Å². The quantitative estimate of drug-likeness (QED) is 0.833. The van der Waals surface area contributed by atoms with Crippen LogP contribution in [0.1, 0.15) is 23.7 Å². The van der Waals surface area contributed by atoms with Gasteiger partial charge in [-0.2, -0.15) is 0 Å². The molecule has 3 nitrogen and oxygen atoms in total. The Hall–Kier alpha value is -1.43. The molecule has 1 N–H and O–H groups in total. The molecule has 86 valence electrons. The molecular formula is C10H8F2O3S. The second-order valence-corrected chi connectivity index (χ2v) is 3.99. The largest absolute Gasteiger partial charge is 0.478 e. The average Bonchev–Trinajstić information content (AvgIpc) is 2.21. The van der Waals surface area contributed by atoms with Crippen LogP contribution in [-0.2, 0) is 4.79 Å². The molecule has 0 saturated carbocycles. The highest BCUT2D eigenvalue weighted by Gasteiger charge is 2.16. The molecular weight excluding hydrogens is 238 g/mol. The highest BCUT2D eigenvalue weighted by molar-refractivity contribution is 8.13. The SMILES string of the molecule is CCC(=O)Sc1cc(C(=O)O)c(F)cc1F. The predicted molar refractivity (Wildman–Crippen MR) is 54.5 cm³/mol. The number of carboxylic acids is 1. The highest BCUT2D eigenvalue weighted by atomic mass is 32.2. The number of hydrogen-bond donors (Lipinski definition) is 1. The summed E-state index contributed by atoms with van der Waals surface area (Å²) in [5.74, 6) is -3.59. The molecule has 1 aromatic rings. The number of carbonyl (C=O) groups excluding carboxylic acids is 1. The van der Waals surface area contributed by atoms with Gasteiger partial charge in [0.2, 0.25) is 0 Å². The fourth-order valence-corrected chi connectivity index (χ4v) is 1.69. The average molecular weight is 246 g/mol. The van der Waals surface area contributed by atoms with E-state index in [2.05, 4.69) is 0 Å². The van der Waals surface area contributed by atoms with E-state index in [1.165, 1.54) is 0 Å². The third-order valence-electron chi connectivity index (χ3n) is 1.76. The Morgan fingerprint density at radius 2 is 1.94 bits per heavy atom. The molecule has 0 unspecified atom stereocenters. The van der Waals surface area contributed by atoms with E-state index in [1.807, 2.05) is 0 Å². The lowest BCUT2D eigenvalue weighted by molar-refractivity contribution is -0.110. The Morgan fingerprint density at radius 3 is 2.44 bits per heavy atom. The monoisotopic (exact) mass is 246 g/mol. The van der Waals surface area contributed by atoms with Crippen molar-refractivity contribution in [2.45, 2.75) is 18.2 Å². The Labute approximate surface area is 94.5 Å². The molecule has 0 aliphatic rings. The van der Waals surface area contributed by atoms with Gasteiger partial charge in [0.1, 0.15) is 11.6 Å². The van der Waals surface area contributed by atoms with Crippen molar-refractivity contribution in [1.82, 2.24) is 0 Å². The van der Waals surface area contributed by atoms with Gasteiger partial charge in [0.15, 0.2) is 5.12 Å². The van der Waals surface area contributed by atoms with Crippen LogP contribution in [0.25, 0.3) is 0 Å². The maximum absolute atomic E-state index is 13.2. The third kappa shape index (κ3) is 2.79. The van der Waals surface area contributed by atoms with Gasteiger partial charge in [-0.25, -0.2) is 13.6 Å². The number of carboxylic acid groups (broad SMARTS) is 1. The van der Waals surface area contributed by atoms with Crippen LogP contribution in [-0.4, -0.2) is 16.2 Å². The number of carbonyl (C=O) groups is 2. The van der Waals surface area contributed by atoms with Crippen LogP contribution < -0.4 is 0 Å². The molecule has 1 aromatic carbocycles. The summed E-state index contributed by atoms with van der Waals surface area (Å²) in [5, 5.41) is 8.30. The first kappa shape index (κ1) is 12.6. The molecule has 0 bridgehead atoms. The minimum Gasteiger partial charge on any atom is -0.478 e. The first-order valence-corrected chi connectivity index (χ1v) is 5.20. The van der Waals surface area contributed by atoms with Crippen molar-refractivity contribution in [3.05, 3.63) is 29.3 Å². The molecule has 0 fully saturated rings. The predicted octanol–water partition coefficient (Wildman–Crippen LogP) is 2.69. The van der Waals surface area contributed by atoms with Crippen LogP contribution in [0.3, 0.4) is 0 Å². The number of halogens is 2. The first-order valence-electron chi connectivity index (χ1n) is 4.38. The summed E-state index contributed by atoms with van der Waals surface area (Å²) < 4.78 is 26.2. The smallest absolute Gasteiger partial charge is 0.338 e. The zero-order valence-corrected chi connectivity index (χ0v) is 9.11. The fourth-order valence-electron chi connectivity index (χ4n) is 0.966. The molecule has 0 radical (unpaired) electrons. The molecule has 0 aliphatic heterocycles. The van der Waals surface area contributed by atoms with Crippen molar-refractivity contribution in [3.63, 3.8) is 0 Å². The molecule has 1 rings (SSSR count). The minimum absolute atomic E-state index is 0.175. The van der Waals surface area contributed by atoms with Crippen molar-refractivity contribution in [1.29, 1.82) is 0 Å². The van der Waals surface area contributed by atoms with E-state index in [9.17, 15) is 18.4 Å². The number of hydrogen-bond acceptors (Lipinski definition) is 3. The van der Waals surface area contributed by atoms with Gasteiger partial charge >= 0.3 is 5.97 Å². The van der Waals surface area contributed by atoms with Gasteiger partial charge in [-0.1, -0.05) is 6.92 Å². The molecule has 16 heavy (non-hydrogen) atoms. The lowest BCUT2D eigenvalue weighted by atomic mass is 10.2. The molecule has 0 atom stereocenters. The normalized spacial score (nSPS) is 10.2. The maximum atomic E-state index is 13.2. The van der Waals surface area contributed by atoms with E-state index in [1.54, 1.807) is 6.92 Å². The van der Waals surface area contributed by atoms with Gasteiger partial charge < -0.3 is 5.11 Å². The van der Waals surface area contributed by atoms with Gasteiger partial charge in [0.25, 0.3) is 0 Å². The highest BCUT2D eigenvalue weighted by Crippen LogP contribution is 2.26. The molecule has 6 heteroatoms. The van der Waals surface area contributed by atoms with Crippen molar-refractivity contribution in [2.24, 2.45) is 0 Å². The van der Waals surface area contributed by atoms with Gasteiger partial charge in [-0.05, 0) is 17.8 Å². The molecule has 0 saturated heterocycles. The lowest BCUT2D eigenvalue weighted by Gasteiger charge is -2.03. The summed E-state index contributed by atoms with van der Waals surface area (Å²) in [6.07, 6.45) is 0.184. The zero-order valence-electron chi connectivity index (χ0n) is 8.29. The van der Waals surface area contributed by atoms with Gasteiger partial charge in [-0.15, -0.1) is 0 Å². The van der Waals surface area contributed by atoms with Crippen LogP contribution >= 0.6 is 11.8 Å². The standard InChI is InChI=1S/C10H8F2O3S/c1-2-9(13)16-8-3-5(10(14)15)6(11)4-7(8)12/h3-4H,2H2,1H3,(H,14,15). The van der Waals surface area contributed by atoms with E-state index in [4.69, 9.17) is 5.11 Å². The molecule has 0 amide bonds. The summed E-state index contributed by atoms with van der Waals surface area (Å²) in [6.45, 7) is 1.59. The van der Waals surface area contributed by atoms with Crippen LogP contribution in [0, 0.1) is 11.6 Å². The topological polar surface area (TPSA) is 54.4 Å². The molecule has 0 spiro atoms. The Balaban J connectivity index is 3.14. The summed E-state index contributed by atoms with van der Waals surface area (Å²) in [5.41, 5.74) is -0.646. The van der Waals surface area contributed by atoms with E-state index >= 15 is 0 Å². The maximum Gasteiger partial charge on any atom is 0.338 e. The van der Waals surface area contributed by atoms with Gasteiger partial charge in [-0.3, -0.25) is 4.79 Å². The zero-order chi connectivity index (χ0) is 12.3. The van der Waals surface area contributed by atoms with Crippen molar-refractivity contribution < 1.29 is 23.5 Å². The number of rotatable bonds is 3. The molecule has 0 aliphatic carbocycles. The second kappa shape index (κ2) is 5.07. The first-order chi connectivity index (χ1) is 7.45. The van der Waals surface area contributed by atoms with Crippen molar-refractivity contribution in [2.75, 3.05) is 0 Å². The summed E-state index contributed by atoms with van der Waals surface area (Å²) in [7, 11) is 0. The number of benzene rings is 1. The molecule has 0 aromatic heterocycles. The minimum atomic E-state index is -1.50. The van der Waals surface area contributed by atoms with Crippen LogP contribution in [0.15, 0.2) is 17.0 Å². The van der Waals surface area contributed by atoms with Crippen molar-refractivity contribution in [3.8, 4) is 0 Å². The Morgan fingerprint density at radius 1 is 1.31 bits per heavy atom. The van der Waals surface area contributed by atoms with E-state index in [0.717, 1.165) is 6.07 Å². The van der Waals surface area contributed by atoms with E-state index in [0.29, 0.717) is 17.8 Å². The third-order valence-corrected chi connectivity index (χ3v) is 2.81.